The van der Waals surface area contributed by atoms with Gasteiger partial charge in [-0.15, -0.1) is 0 Å². The fourth-order valence-electron chi connectivity index (χ4n) is 5.45. The molecule has 0 aromatic heterocycles. The topological polar surface area (TPSA) is 28.1 Å². The fraction of sp³-hybridized carbons (Fsp3) is 0.321. The highest BCUT2D eigenvalue weighted by Crippen LogP contribution is 2.50. The molecule has 1 atom stereocenters. The number of benzene rings is 3. The second kappa shape index (κ2) is 8.19. The van der Waals surface area contributed by atoms with Crippen molar-refractivity contribution in [2.75, 3.05) is 13.1 Å². The number of hydrogen-bond acceptors (Lipinski definition) is 4. The summed E-state index contributed by atoms with van der Waals surface area (Å²) in [7, 11) is 0. The van der Waals surface area contributed by atoms with Crippen LogP contribution >= 0.6 is 11.6 Å². The van der Waals surface area contributed by atoms with Crippen LogP contribution < -0.4 is 4.74 Å². The summed E-state index contributed by atoms with van der Waals surface area (Å²) >= 11 is 6.14. The molecule has 168 valence electrons. The third kappa shape index (κ3) is 3.81. The molecule has 1 fully saturated rings. The van der Waals surface area contributed by atoms with Gasteiger partial charge in [-0.2, -0.15) is 5.10 Å². The van der Waals surface area contributed by atoms with Gasteiger partial charge in [0.2, 0.25) is 5.72 Å². The van der Waals surface area contributed by atoms with Gasteiger partial charge in [0.1, 0.15) is 5.75 Å². The average molecular weight is 458 g/mol. The van der Waals surface area contributed by atoms with Gasteiger partial charge in [-0.1, -0.05) is 71.8 Å². The number of aryl methyl sites for hydroxylation is 1. The van der Waals surface area contributed by atoms with Crippen LogP contribution in [0.25, 0.3) is 0 Å². The van der Waals surface area contributed by atoms with Gasteiger partial charge >= 0.3 is 0 Å². The van der Waals surface area contributed by atoms with Gasteiger partial charge < -0.3 is 4.74 Å². The molecule has 0 N–H and O–H groups in total. The SMILES string of the molecule is Cc1ccc2c(c1)[C@@H]1CC(c3ccc(Cl)cc3)=NN1C1(CCN(Cc3ccccc3)CC1)O2. The lowest BCUT2D eigenvalue weighted by Crippen LogP contribution is -2.59. The minimum Gasteiger partial charge on any atom is -0.466 e. The van der Waals surface area contributed by atoms with Crippen molar-refractivity contribution in [3.8, 4) is 5.75 Å². The van der Waals surface area contributed by atoms with Gasteiger partial charge in [0.25, 0.3) is 0 Å². The van der Waals surface area contributed by atoms with Crippen LogP contribution in [-0.4, -0.2) is 34.4 Å². The minimum absolute atomic E-state index is 0.208. The molecule has 0 saturated carbocycles. The molecule has 4 nitrogen and oxygen atoms in total. The van der Waals surface area contributed by atoms with Crippen LogP contribution in [0.1, 0.15) is 47.6 Å². The first-order valence-electron chi connectivity index (χ1n) is 11.8. The Morgan fingerprint density at radius 1 is 1.00 bits per heavy atom. The summed E-state index contributed by atoms with van der Waals surface area (Å²) in [6.45, 7) is 5.11. The Kier molecular flexibility index (Phi) is 5.16. The number of ether oxygens (including phenoxy) is 1. The fourth-order valence-corrected chi connectivity index (χ4v) is 5.58. The Morgan fingerprint density at radius 2 is 1.76 bits per heavy atom. The monoisotopic (exact) mass is 457 g/mol. The summed E-state index contributed by atoms with van der Waals surface area (Å²) in [6.07, 6.45) is 2.75. The smallest absolute Gasteiger partial charge is 0.200 e. The molecule has 3 aliphatic rings. The van der Waals surface area contributed by atoms with E-state index in [1.54, 1.807) is 0 Å². The quantitative estimate of drug-likeness (QED) is 0.469. The molecule has 0 amide bonds. The number of hydrogen-bond donors (Lipinski definition) is 0. The standard InChI is InChI=1S/C28H28ClN3O/c1-20-7-12-27-24(17-20)26-18-25(22-8-10-23(29)11-9-22)30-32(26)28(33-27)13-15-31(16-14-28)19-21-5-3-2-4-6-21/h2-12,17,26H,13-16,18-19H2,1H3/t26-/m0/s1. The summed E-state index contributed by atoms with van der Waals surface area (Å²) < 4.78 is 6.80. The summed E-state index contributed by atoms with van der Waals surface area (Å²) in [6, 6.07) is 25.6. The van der Waals surface area contributed by atoms with E-state index >= 15 is 0 Å². The minimum atomic E-state index is -0.395. The van der Waals surface area contributed by atoms with Crippen LogP contribution in [-0.2, 0) is 6.54 Å². The zero-order valence-electron chi connectivity index (χ0n) is 18.9. The number of fused-ring (bicyclic) bond motifs is 4. The number of piperidine rings is 1. The first-order valence-corrected chi connectivity index (χ1v) is 12.2. The number of nitrogens with zero attached hydrogens (tertiary/aromatic N) is 3. The van der Waals surface area contributed by atoms with Crippen LogP contribution in [0, 0.1) is 6.92 Å². The van der Waals surface area contributed by atoms with Gasteiger partial charge in [0.15, 0.2) is 0 Å². The van der Waals surface area contributed by atoms with Gasteiger partial charge in [-0.25, -0.2) is 5.01 Å². The van der Waals surface area contributed by atoms with Gasteiger partial charge in [0.05, 0.1) is 11.8 Å². The third-order valence-corrected chi connectivity index (χ3v) is 7.47. The van der Waals surface area contributed by atoms with E-state index in [4.69, 9.17) is 21.4 Å². The molecule has 5 heteroatoms. The molecular weight excluding hydrogens is 430 g/mol. The summed E-state index contributed by atoms with van der Waals surface area (Å²) in [5, 5.41) is 8.23. The largest absolute Gasteiger partial charge is 0.466 e. The molecule has 0 bridgehead atoms. The Labute approximate surface area is 200 Å². The van der Waals surface area contributed by atoms with Crippen molar-refractivity contribution < 1.29 is 4.74 Å². The van der Waals surface area contributed by atoms with Crippen LogP contribution in [0.4, 0.5) is 0 Å². The first-order chi connectivity index (χ1) is 16.1. The van der Waals surface area contributed by atoms with Crippen LogP contribution in [0.5, 0.6) is 5.75 Å². The predicted octanol–water partition coefficient (Wildman–Crippen LogP) is 6.18. The molecular formula is C28H28ClN3O. The van der Waals surface area contributed by atoms with E-state index in [1.165, 1.54) is 16.7 Å². The molecule has 0 radical (unpaired) electrons. The Balaban J connectivity index is 1.31. The molecule has 1 spiro atoms. The molecule has 3 aromatic carbocycles. The van der Waals surface area contributed by atoms with Crippen molar-refractivity contribution in [2.45, 2.75) is 44.5 Å². The molecule has 3 aliphatic heterocycles. The third-order valence-electron chi connectivity index (χ3n) is 7.22. The molecule has 33 heavy (non-hydrogen) atoms. The maximum Gasteiger partial charge on any atom is 0.200 e. The molecule has 0 aliphatic carbocycles. The van der Waals surface area contributed by atoms with E-state index in [0.717, 1.165) is 60.9 Å². The van der Waals surface area contributed by atoms with E-state index < -0.39 is 5.72 Å². The lowest BCUT2D eigenvalue weighted by Gasteiger charge is -2.51. The lowest BCUT2D eigenvalue weighted by molar-refractivity contribution is -0.150. The average Bonchev–Trinajstić information content (AvgIpc) is 3.29. The van der Waals surface area contributed by atoms with Gasteiger partial charge in [0, 0.05) is 49.5 Å². The number of rotatable bonds is 3. The zero-order valence-corrected chi connectivity index (χ0v) is 19.6. The van der Waals surface area contributed by atoms with Gasteiger partial charge in [-0.05, 0) is 36.2 Å². The van der Waals surface area contributed by atoms with Gasteiger partial charge in [-0.3, -0.25) is 4.90 Å². The van der Waals surface area contributed by atoms with Crippen LogP contribution in [0.2, 0.25) is 5.02 Å². The lowest BCUT2D eigenvalue weighted by atomic mass is 9.90. The van der Waals surface area contributed by atoms with E-state index in [1.807, 2.05) is 12.1 Å². The summed E-state index contributed by atoms with van der Waals surface area (Å²) in [5.74, 6) is 1.02. The van der Waals surface area contributed by atoms with E-state index in [9.17, 15) is 0 Å². The Hall–Kier alpha value is -2.82. The second-order valence-corrected chi connectivity index (χ2v) is 9.91. The van der Waals surface area contributed by atoms with E-state index in [-0.39, 0.29) is 6.04 Å². The number of halogens is 1. The zero-order chi connectivity index (χ0) is 22.4. The van der Waals surface area contributed by atoms with Crippen molar-refractivity contribution in [3.63, 3.8) is 0 Å². The molecule has 1 saturated heterocycles. The normalized spacial score (nSPS) is 21.3. The van der Waals surface area contributed by atoms with Crippen molar-refractivity contribution in [1.82, 2.24) is 9.91 Å². The van der Waals surface area contributed by atoms with Crippen molar-refractivity contribution in [1.29, 1.82) is 0 Å². The first kappa shape index (κ1) is 20.8. The second-order valence-electron chi connectivity index (χ2n) is 9.47. The number of hydrazone groups is 1. The molecule has 0 unspecified atom stereocenters. The maximum absolute atomic E-state index is 6.80. The molecule has 3 heterocycles. The van der Waals surface area contributed by atoms with Crippen LogP contribution in [0.15, 0.2) is 77.9 Å². The van der Waals surface area contributed by atoms with Crippen molar-refractivity contribution in [3.05, 3.63) is 100 Å². The number of likely N-dealkylation sites (tertiary alicyclic amines) is 1. The summed E-state index contributed by atoms with van der Waals surface area (Å²) in [5.41, 5.74) is 5.72. The van der Waals surface area contributed by atoms with Crippen molar-refractivity contribution >= 4 is 17.3 Å². The van der Waals surface area contributed by atoms with Crippen molar-refractivity contribution in [2.24, 2.45) is 5.10 Å². The summed E-state index contributed by atoms with van der Waals surface area (Å²) in [4.78, 5) is 2.53. The predicted molar refractivity (Wildman–Crippen MR) is 133 cm³/mol. The Bertz CT molecular complexity index is 1180. The highest BCUT2D eigenvalue weighted by molar-refractivity contribution is 6.30. The maximum atomic E-state index is 6.80. The van der Waals surface area contributed by atoms with E-state index in [2.05, 4.69) is 77.5 Å². The van der Waals surface area contributed by atoms with E-state index in [0.29, 0.717) is 0 Å². The molecule has 3 aromatic rings. The Morgan fingerprint density at radius 3 is 2.52 bits per heavy atom. The highest BCUT2D eigenvalue weighted by Gasteiger charge is 2.51. The highest BCUT2D eigenvalue weighted by atomic mass is 35.5. The molecule has 6 rings (SSSR count). The van der Waals surface area contributed by atoms with Crippen LogP contribution in [0.3, 0.4) is 0 Å².